The Hall–Kier alpha value is -2.40. The maximum absolute atomic E-state index is 12.5. The summed E-state index contributed by atoms with van der Waals surface area (Å²) in [6.45, 7) is 3.88. The lowest BCUT2D eigenvalue weighted by Crippen LogP contribution is -2.27. The van der Waals surface area contributed by atoms with Crippen LogP contribution in [0.5, 0.6) is 0 Å². The summed E-state index contributed by atoms with van der Waals surface area (Å²) < 4.78 is 0. The van der Waals surface area contributed by atoms with Crippen LogP contribution in [0.2, 0.25) is 0 Å². The second kappa shape index (κ2) is 6.84. The summed E-state index contributed by atoms with van der Waals surface area (Å²) in [5.41, 5.74) is 5.00. The minimum absolute atomic E-state index is 0.0920. The monoisotopic (exact) mass is 351 g/mol. The molecule has 3 heterocycles. The van der Waals surface area contributed by atoms with Crippen molar-refractivity contribution in [2.45, 2.75) is 26.2 Å². The predicted octanol–water partition coefficient (Wildman–Crippen LogP) is 4.60. The van der Waals surface area contributed by atoms with E-state index < -0.39 is 0 Å². The van der Waals surface area contributed by atoms with Crippen molar-refractivity contribution in [2.75, 3.05) is 13.1 Å². The number of aromatic amines is 1. The molecule has 2 aromatic heterocycles. The van der Waals surface area contributed by atoms with E-state index in [0.717, 1.165) is 54.2 Å². The molecular weight excluding hydrogens is 330 g/mol. The summed E-state index contributed by atoms with van der Waals surface area (Å²) in [5, 5.41) is 3.06. The molecule has 0 atom stereocenters. The standard InChI is InChI=1S/C20H21N3OS/c1-2-14-5-7-15(8-6-14)19-22-18(13-25-19)16-11-17(21-12-16)20(24)23-9-3-4-10-23/h5-8,11-13,21H,2-4,9-10H2,1H3. The highest BCUT2D eigenvalue weighted by atomic mass is 32.1. The van der Waals surface area contributed by atoms with E-state index in [4.69, 9.17) is 4.98 Å². The summed E-state index contributed by atoms with van der Waals surface area (Å²) >= 11 is 1.63. The van der Waals surface area contributed by atoms with E-state index >= 15 is 0 Å². The molecule has 1 aromatic carbocycles. The molecule has 1 N–H and O–H groups in total. The zero-order valence-corrected chi connectivity index (χ0v) is 15.1. The third-order valence-electron chi connectivity index (χ3n) is 4.72. The summed E-state index contributed by atoms with van der Waals surface area (Å²) in [4.78, 5) is 22.2. The molecule has 0 saturated carbocycles. The van der Waals surface area contributed by atoms with Crippen molar-refractivity contribution in [3.8, 4) is 21.8 Å². The van der Waals surface area contributed by atoms with Gasteiger partial charge in [-0.1, -0.05) is 31.2 Å². The Labute approximate surface area is 151 Å². The van der Waals surface area contributed by atoms with Gasteiger partial charge in [-0.15, -0.1) is 11.3 Å². The fourth-order valence-electron chi connectivity index (χ4n) is 3.18. The zero-order chi connectivity index (χ0) is 17.2. The van der Waals surface area contributed by atoms with Crippen LogP contribution < -0.4 is 0 Å². The van der Waals surface area contributed by atoms with Crippen molar-refractivity contribution < 1.29 is 4.79 Å². The van der Waals surface area contributed by atoms with Crippen LogP contribution in [0, 0.1) is 0 Å². The minimum Gasteiger partial charge on any atom is -0.357 e. The lowest BCUT2D eigenvalue weighted by atomic mass is 10.1. The molecule has 1 aliphatic rings. The van der Waals surface area contributed by atoms with Gasteiger partial charge in [-0.3, -0.25) is 4.79 Å². The second-order valence-corrected chi connectivity index (χ2v) is 7.25. The number of carbonyl (C=O) groups is 1. The Morgan fingerprint density at radius 2 is 1.96 bits per heavy atom. The van der Waals surface area contributed by atoms with Gasteiger partial charge in [0.15, 0.2) is 0 Å². The maximum atomic E-state index is 12.5. The van der Waals surface area contributed by atoms with Crippen LogP contribution in [0.15, 0.2) is 41.9 Å². The molecule has 4 nitrogen and oxygen atoms in total. The van der Waals surface area contributed by atoms with Gasteiger partial charge in [0.1, 0.15) is 10.7 Å². The van der Waals surface area contributed by atoms with Crippen molar-refractivity contribution in [2.24, 2.45) is 0 Å². The molecule has 0 bridgehead atoms. The Kier molecular flexibility index (Phi) is 4.40. The fourth-order valence-corrected chi connectivity index (χ4v) is 4.01. The molecule has 1 aliphatic heterocycles. The lowest BCUT2D eigenvalue weighted by molar-refractivity contribution is 0.0788. The molecule has 0 radical (unpaired) electrons. The van der Waals surface area contributed by atoms with Crippen LogP contribution in [0.3, 0.4) is 0 Å². The SMILES string of the molecule is CCc1ccc(-c2nc(-c3c[nH]c(C(=O)N4CCCC4)c3)cs2)cc1. The van der Waals surface area contributed by atoms with E-state index in [9.17, 15) is 4.79 Å². The molecule has 3 aromatic rings. The molecule has 0 aliphatic carbocycles. The number of aromatic nitrogens is 2. The number of aryl methyl sites for hydroxylation is 1. The molecule has 1 saturated heterocycles. The molecule has 0 unspecified atom stereocenters. The molecule has 4 rings (SSSR count). The number of amides is 1. The first-order valence-electron chi connectivity index (χ1n) is 8.77. The molecule has 1 fully saturated rings. The topological polar surface area (TPSA) is 49.0 Å². The van der Waals surface area contributed by atoms with Gasteiger partial charge in [-0.25, -0.2) is 4.98 Å². The average molecular weight is 351 g/mol. The number of likely N-dealkylation sites (tertiary alicyclic amines) is 1. The number of hydrogen-bond acceptors (Lipinski definition) is 3. The molecule has 128 valence electrons. The molecule has 5 heteroatoms. The third-order valence-corrected chi connectivity index (χ3v) is 5.61. The summed E-state index contributed by atoms with van der Waals surface area (Å²) in [5.74, 6) is 0.0920. The van der Waals surface area contributed by atoms with Crippen molar-refractivity contribution in [1.29, 1.82) is 0 Å². The van der Waals surface area contributed by atoms with Gasteiger partial charge in [0.2, 0.25) is 0 Å². The largest absolute Gasteiger partial charge is 0.357 e. The molecule has 25 heavy (non-hydrogen) atoms. The van der Waals surface area contributed by atoms with E-state index in [2.05, 4.69) is 41.6 Å². The summed E-state index contributed by atoms with van der Waals surface area (Å²) in [7, 11) is 0. The molecule has 1 amide bonds. The number of rotatable bonds is 4. The second-order valence-electron chi connectivity index (χ2n) is 6.39. The first-order valence-corrected chi connectivity index (χ1v) is 9.65. The van der Waals surface area contributed by atoms with Gasteiger partial charge in [0, 0.05) is 35.8 Å². The normalized spacial score (nSPS) is 14.2. The molecule has 0 spiro atoms. The van der Waals surface area contributed by atoms with Crippen molar-refractivity contribution in [3.63, 3.8) is 0 Å². The average Bonchev–Trinajstić information content (AvgIpc) is 3.42. The predicted molar refractivity (Wildman–Crippen MR) is 102 cm³/mol. The fraction of sp³-hybridized carbons (Fsp3) is 0.300. The van der Waals surface area contributed by atoms with Crippen molar-refractivity contribution in [3.05, 3.63) is 53.2 Å². The Morgan fingerprint density at radius 1 is 1.20 bits per heavy atom. The zero-order valence-electron chi connectivity index (χ0n) is 14.3. The smallest absolute Gasteiger partial charge is 0.270 e. The van der Waals surface area contributed by atoms with Gasteiger partial charge in [-0.05, 0) is 30.9 Å². The number of hydrogen-bond donors (Lipinski definition) is 1. The quantitative estimate of drug-likeness (QED) is 0.746. The van der Waals surface area contributed by atoms with E-state index in [-0.39, 0.29) is 5.91 Å². The third kappa shape index (κ3) is 3.24. The first kappa shape index (κ1) is 16.1. The van der Waals surface area contributed by atoms with Gasteiger partial charge < -0.3 is 9.88 Å². The van der Waals surface area contributed by atoms with Gasteiger partial charge >= 0.3 is 0 Å². The van der Waals surface area contributed by atoms with Crippen molar-refractivity contribution in [1.82, 2.24) is 14.9 Å². The van der Waals surface area contributed by atoms with Crippen LogP contribution in [0.25, 0.3) is 21.8 Å². The first-order chi connectivity index (χ1) is 12.2. The Balaban J connectivity index is 1.54. The number of H-pyrrole nitrogens is 1. The van der Waals surface area contributed by atoms with Crippen molar-refractivity contribution >= 4 is 17.2 Å². The number of carbonyl (C=O) groups excluding carboxylic acids is 1. The van der Waals surface area contributed by atoms with Crippen LogP contribution in [0.1, 0.15) is 35.8 Å². The number of nitrogens with zero attached hydrogens (tertiary/aromatic N) is 2. The number of thiazole rings is 1. The van der Waals surface area contributed by atoms with Crippen LogP contribution in [-0.4, -0.2) is 33.9 Å². The summed E-state index contributed by atoms with van der Waals surface area (Å²) in [6.07, 6.45) is 5.13. The number of nitrogens with one attached hydrogen (secondary N) is 1. The van der Waals surface area contributed by atoms with Crippen LogP contribution in [-0.2, 0) is 6.42 Å². The highest BCUT2D eigenvalue weighted by Gasteiger charge is 2.21. The van der Waals surface area contributed by atoms with Crippen LogP contribution >= 0.6 is 11.3 Å². The molecular formula is C20H21N3OS. The number of benzene rings is 1. The van der Waals surface area contributed by atoms with Crippen LogP contribution in [0.4, 0.5) is 0 Å². The maximum Gasteiger partial charge on any atom is 0.270 e. The summed E-state index contributed by atoms with van der Waals surface area (Å²) in [6, 6.07) is 10.5. The van der Waals surface area contributed by atoms with Gasteiger partial charge in [0.25, 0.3) is 5.91 Å². The Bertz CT molecular complexity index is 872. The highest BCUT2D eigenvalue weighted by Crippen LogP contribution is 2.29. The van der Waals surface area contributed by atoms with Gasteiger partial charge in [-0.2, -0.15) is 0 Å². The van der Waals surface area contributed by atoms with E-state index in [1.54, 1.807) is 11.3 Å². The Morgan fingerprint density at radius 3 is 2.68 bits per heavy atom. The minimum atomic E-state index is 0.0920. The van der Waals surface area contributed by atoms with Gasteiger partial charge in [0.05, 0.1) is 5.69 Å². The highest BCUT2D eigenvalue weighted by molar-refractivity contribution is 7.13. The van der Waals surface area contributed by atoms with E-state index in [1.165, 1.54) is 5.56 Å². The van der Waals surface area contributed by atoms with E-state index in [1.807, 2.05) is 17.2 Å². The lowest BCUT2D eigenvalue weighted by Gasteiger charge is -2.13. The van der Waals surface area contributed by atoms with E-state index in [0.29, 0.717) is 5.69 Å².